The molecule has 29 heavy (non-hydrogen) atoms. The van der Waals surface area contributed by atoms with Crippen molar-refractivity contribution in [1.29, 1.82) is 5.26 Å². The molecule has 0 atom stereocenters. The Morgan fingerprint density at radius 1 is 1.00 bits per heavy atom. The number of rotatable bonds is 7. The maximum atomic E-state index is 14.2. The van der Waals surface area contributed by atoms with Crippen molar-refractivity contribution in [3.8, 4) is 6.07 Å². The number of alkyl halides is 2. The van der Waals surface area contributed by atoms with E-state index in [-0.39, 0.29) is 6.61 Å². The summed E-state index contributed by atoms with van der Waals surface area (Å²) >= 11 is 0. The molecule has 3 rings (SSSR count). The second kappa shape index (κ2) is 9.80. The molecule has 4 heteroatoms. The van der Waals surface area contributed by atoms with E-state index in [1.165, 1.54) is 55.5 Å². The van der Waals surface area contributed by atoms with Gasteiger partial charge in [-0.2, -0.15) is 14.0 Å². The summed E-state index contributed by atoms with van der Waals surface area (Å²) in [7, 11) is 0. The molecule has 0 spiro atoms. The zero-order valence-electron chi connectivity index (χ0n) is 16.8. The van der Waals surface area contributed by atoms with Crippen molar-refractivity contribution in [2.75, 3.05) is 0 Å². The number of benzene rings is 2. The van der Waals surface area contributed by atoms with Crippen LogP contribution in [0.15, 0.2) is 60.7 Å². The summed E-state index contributed by atoms with van der Waals surface area (Å²) in [5.74, 6) is 1.26. The maximum absolute atomic E-state index is 14.2. The van der Waals surface area contributed by atoms with Crippen LogP contribution in [0.3, 0.4) is 0 Å². The standard InChI is InChI=1S/C25H27F2NO/c1-2-3-19-8-12-23(13-9-19)24-14-10-22(11-15-24)18-29-25(26,27)16-20-4-6-21(17-28)7-5-20/h2-7,10-11,14-15,19,23H,8-9,12-13,16,18H2,1H3. The highest BCUT2D eigenvalue weighted by Gasteiger charge is 2.30. The number of hydrogen-bond donors (Lipinski definition) is 0. The van der Waals surface area contributed by atoms with Crippen LogP contribution >= 0.6 is 0 Å². The molecule has 0 aliphatic heterocycles. The molecule has 1 fully saturated rings. The topological polar surface area (TPSA) is 33.0 Å². The van der Waals surface area contributed by atoms with Gasteiger partial charge in [0.15, 0.2) is 0 Å². The van der Waals surface area contributed by atoms with E-state index in [2.05, 4.69) is 31.2 Å². The molecule has 2 nitrogen and oxygen atoms in total. The van der Waals surface area contributed by atoms with Crippen molar-refractivity contribution >= 4 is 0 Å². The van der Waals surface area contributed by atoms with Gasteiger partial charge in [-0.15, -0.1) is 0 Å². The van der Waals surface area contributed by atoms with E-state index < -0.39 is 12.5 Å². The fraction of sp³-hybridized carbons (Fsp3) is 0.400. The lowest BCUT2D eigenvalue weighted by Gasteiger charge is -2.27. The van der Waals surface area contributed by atoms with E-state index >= 15 is 0 Å². The zero-order chi connectivity index (χ0) is 20.7. The molecular weight excluding hydrogens is 368 g/mol. The summed E-state index contributed by atoms with van der Waals surface area (Å²) in [5.41, 5.74) is 2.93. The van der Waals surface area contributed by atoms with Gasteiger partial charge in [0.1, 0.15) is 0 Å². The Morgan fingerprint density at radius 3 is 2.21 bits per heavy atom. The largest absolute Gasteiger partial charge is 0.360 e. The molecule has 1 saturated carbocycles. The van der Waals surface area contributed by atoms with Crippen LogP contribution in [0.2, 0.25) is 0 Å². The smallest absolute Gasteiger partial charge is 0.315 e. The van der Waals surface area contributed by atoms with Crippen LogP contribution in [0.25, 0.3) is 0 Å². The average Bonchev–Trinajstić information content (AvgIpc) is 2.74. The number of allylic oxidation sites excluding steroid dienone is 2. The van der Waals surface area contributed by atoms with Gasteiger partial charge in [0.2, 0.25) is 0 Å². The molecule has 0 saturated heterocycles. The summed E-state index contributed by atoms with van der Waals surface area (Å²) in [6.07, 6.45) is 5.44. The summed E-state index contributed by atoms with van der Waals surface area (Å²) in [4.78, 5) is 0. The number of hydrogen-bond acceptors (Lipinski definition) is 2. The molecule has 0 amide bonds. The molecule has 1 aliphatic carbocycles. The fourth-order valence-electron chi connectivity index (χ4n) is 3.98. The Labute approximate surface area is 171 Å². The van der Waals surface area contributed by atoms with E-state index in [0.29, 0.717) is 23.0 Å². The van der Waals surface area contributed by atoms with Gasteiger partial charge >= 0.3 is 6.11 Å². The molecule has 0 radical (unpaired) electrons. The average molecular weight is 395 g/mol. The predicted molar refractivity (Wildman–Crippen MR) is 111 cm³/mol. The van der Waals surface area contributed by atoms with Crippen LogP contribution in [-0.4, -0.2) is 6.11 Å². The fourth-order valence-corrected chi connectivity index (χ4v) is 3.98. The van der Waals surface area contributed by atoms with Gasteiger partial charge in [0, 0.05) is 0 Å². The first-order chi connectivity index (χ1) is 14.0. The van der Waals surface area contributed by atoms with Gasteiger partial charge in [0.25, 0.3) is 0 Å². The van der Waals surface area contributed by atoms with Crippen LogP contribution in [-0.2, 0) is 17.8 Å². The minimum Gasteiger partial charge on any atom is -0.315 e. The first-order valence-corrected chi connectivity index (χ1v) is 10.2. The monoisotopic (exact) mass is 395 g/mol. The molecule has 2 aromatic rings. The lowest BCUT2D eigenvalue weighted by molar-refractivity contribution is -0.244. The lowest BCUT2D eigenvalue weighted by Crippen LogP contribution is -2.23. The SMILES string of the molecule is CC=CC1CCC(c2ccc(COC(F)(F)Cc3ccc(C#N)cc3)cc2)CC1. The second-order valence-corrected chi connectivity index (χ2v) is 7.79. The molecule has 0 unspecified atom stereocenters. The number of ether oxygens (including phenoxy) is 1. The Bertz CT molecular complexity index is 842. The van der Waals surface area contributed by atoms with Crippen LogP contribution in [0.5, 0.6) is 0 Å². The quantitative estimate of drug-likeness (QED) is 0.485. The molecule has 152 valence electrons. The molecular formula is C25H27F2NO. The summed E-state index contributed by atoms with van der Waals surface area (Å²) in [6.45, 7) is 1.94. The van der Waals surface area contributed by atoms with Gasteiger partial charge in [0.05, 0.1) is 24.7 Å². The minimum atomic E-state index is -3.25. The summed E-state index contributed by atoms with van der Waals surface area (Å²) in [6, 6.07) is 16.0. The van der Waals surface area contributed by atoms with E-state index in [1.807, 2.05) is 18.2 Å². The maximum Gasteiger partial charge on any atom is 0.360 e. The van der Waals surface area contributed by atoms with E-state index in [1.54, 1.807) is 0 Å². The summed E-state index contributed by atoms with van der Waals surface area (Å²) in [5, 5.41) is 8.78. The number of nitrogens with zero attached hydrogens (tertiary/aromatic N) is 1. The van der Waals surface area contributed by atoms with Crippen molar-refractivity contribution in [3.05, 3.63) is 82.9 Å². The molecule has 0 N–H and O–H groups in total. The van der Waals surface area contributed by atoms with Crippen molar-refractivity contribution in [2.45, 2.75) is 57.7 Å². The Kier molecular flexibility index (Phi) is 7.17. The van der Waals surface area contributed by atoms with Gasteiger partial charge < -0.3 is 4.74 Å². The zero-order valence-corrected chi connectivity index (χ0v) is 16.8. The van der Waals surface area contributed by atoms with E-state index in [4.69, 9.17) is 10.00 Å². The number of nitriles is 1. The third-order valence-electron chi connectivity index (χ3n) is 5.63. The van der Waals surface area contributed by atoms with Crippen LogP contribution in [0.4, 0.5) is 8.78 Å². The van der Waals surface area contributed by atoms with Gasteiger partial charge in [-0.05, 0) is 73.3 Å². The van der Waals surface area contributed by atoms with Gasteiger partial charge in [-0.25, -0.2) is 0 Å². The first kappa shape index (κ1) is 21.2. The predicted octanol–water partition coefficient (Wildman–Crippen LogP) is 6.76. The third-order valence-corrected chi connectivity index (χ3v) is 5.63. The second-order valence-electron chi connectivity index (χ2n) is 7.79. The van der Waals surface area contributed by atoms with E-state index in [9.17, 15) is 8.78 Å². The van der Waals surface area contributed by atoms with Gasteiger partial charge in [-0.3, -0.25) is 0 Å². The van der Waals surface area contributed by atoms with Crippen LogP contribution < -0.4 is 0 Å². The molecule has 0 heterocycles. The van der Waals surface area contributed by atoms with Gasteiger partial charge in [-0.1, -0.05) is 48.6 Å². The lowest BCUT2D eigenvalue weighted by atomic mass is 9.78. The molecule has 0 bridgehead atoms. The van der Waals surface area contributed by atoms with E-state index in [0.717, 1.165) is 5.56 Å². The van der Waals surface area contributed by atoms with Crippen molar-refractivity contribution in [1.82, 2.24) is 0 Å². The third kappa shape index (κ3) is 6.24. The minimum absolute atomic E-state index is 0.127. The van der Waals surface area contributed by atoms with Crippen molar-refractivity contribution < 1.29 is 13.5 Å². The first-order valence-electron chi connectivity index (χ1n) is 10.2. The highest BCUT2D eigenvalue weighted by atomic mass is 19.3. The molecule has 1 aliphatic rings. The van der Waals surface area contributed by atoms with Crippen LogP contribution in [0.1, 0.15) is 60.8 Å². The number of halogens is 2. The van der Waals surface area contributed by atoms with Crippen molar-refractivity contribution in [2.24, 2.45) is 5.92 Å². The summed E-state index contributed by atoms with van der Waals surface area (Å²) < 4.78 is 33.2. The highest BCUT2D eigenvalue weighted by molar-refractivity contribution is 5.32. The van der Waals surface area contributed by atoms with Crippen molar-refractivity contribution in [3.63, 3.8) is 0 Å². The Hall–Kier alpha value is -2.51. The Morgan fingerprint density at radius 2 is 1.62 bits per heavy atom. The molecule has 2 aromatic carbocycles. The Balaban J connectivity index is 1.51. The normalized spacial score (nSPS) is 19.9. The van der Waals surface area contributed by atoms with Crippen LogP contribution in [0, 0.1) is 17.2 Å². The highest BCUT2D eigenvalue weighted by Crippen LogP contribution is 2.36. The molecule has 0 aromatic heterocycles.